The molecule has 0 fully saturated rings. The molecule has 9 heteroatoms. The molecular formula is C13H9Cl2FN2O3S. The Labute approximate surface area is 139 Å². The van der Waals surface area contributed by atoms with Gasteiger partial charge in [0.05, 0.1) is 34.8 Å². The molecule has 116 valence electrons. The lowest BCUT2D eigenvalue weighted by Crippen LogP contribution is -2.13. The first-order valence-electron chi connectivity index (χ1n) is 5.88. The summed E-state index contributed by atoms with van der Waals surface area (Å²) in [6, 6.07) is 2.10. The van der Waals surface area contributed by atoms with E-state index in [0.717, 1.165) is 23.5 Å². The summed E-state index contributed by atoms with van der Waals surface area (Å²) in [4.78, 5) is 27.2. The van der Waals surface area contributed by atoms with Gasteiger partial charge in [0.25, 0.3) is 5.91 Å². The van der Waals surface area contributed by atoms with Crippen LogP contribution in [0.5, 0.6) is 0 Å². The molecule has 0 bridgehead atoms. The third kappa shape index (κ3) is 3.94. The maximum absolute atomic E-state index is 13.4. The molecule has 0 aliphatic rings. The maximum Gasteiger partial charge on any atom is 0.311 e. The van der Waals surface area contributed by atoms with Crippen LogP contribution in [0.25, 0.3) is 0 Å². The van der Waals surface area contributed by atoms with Crippen molar-refractivity contribution in [2.75, 3.05) is 12.4 Å². The number of methoxy groups -OCH3 is 1. The first-order valence-corrected chi connectivity index (χ1v) is 7.51. The average molecular weight is 363 g/mol. The Balaban J connectivity index is 2.12. The second kappa shape index (κ2) is 7.04. The van der Waals surface area contributed by atoms with Crippen molar-refractivity contribution in [2.24, 2.45) is 0 Å². The van der Waals surface area contributed by atoms with Crippen molar-refractivity contribution in [1.82, 2.24) is 4.98 Å². The Morgan fingerprint density at radius 2 is 2.09 bits per heavy atom. The van der Waals surface area contributed by atoms with Gasteiger partial charge in [-0.05, 0) is 12.1 Å². The van der Waals surface area contributed by atoms with Gasteiger partial charge in [-0.1, -0.05) is 23.2 Å². The molecule has 0 aliphatic heterocycles. The SMILES string of the molecule is COC(=O)Cc1csc(NC(=O)c2cc(F)c(Cl)cc2Cl)n1. The first-order chi connectivity index (χ1) is 10.4. The lowest BCUT2D eigenvalue weighted by molar-refractivity contribution is -0.139. The molecule has 0 radical (unpaired) electrons. The molecule has 1 aromatic heterocycles. The molecule has 0 spiro atoms. The number of amides is 1. The largest absolute Gasteiger partial charge is 0.469 e. The summed E-state index contributed by atoms with van der Waals surface area (Å²) in [6.45, 7) is 0. The Bertz CT molecular complexity index is 736. The predicted molar refractivity (Wildman–Crippen MR) is 82.2 cm³/mol. The van der Waals surface area contributed by atoms with Gasteiger partial charge >= 0.3 is 5.97 Å². The van der Waals surface area contributed by atoms with Gasteiger partial charge in [-0.2, -0.15) is 0 Å². The van der Waals surface area contributed by atoms with Crippen molar-refractivity contribution in [2.45, 2.75) is 6.42 Å². The fraction of sp³-hybridized carbons (Fsp3) is 0.154. The van der Waals surface area contributed by atoms with Gasteiger partial charge in [0.15, 0.2) is 5.13 Å². The summed E-state index contributed by atoms with van der Waals surface area (Å²) in [7, 11) is 1.27. The van der Waals surface area contributed by atoms with Crippen molar-refractivity contribution in [3.63, 3.8) is 0 Å². The van der Waals surface area contributed by atoms with Gasteiger partial charge in [-0.25, -0.2) is 9.37 Å². The first kappa shape index (κ1) is 16.7. The number of nitrogens with zero attached hydrogens (tertiary/aromatic N) is 1. The molecule has 2 rings (SSSR count). The van der Waals surface area contributed by atoms with E-state index in [2.05, 4.69) is 15.0 Å². The third-order valence-corrected chi connectivity index (χ3v) is 3.99. The van der Waals surface area contributed by atoms with E-state index in [0.29, 0.717) is 5.69 Å². The molecule has 22 heavy (non-hydrogen) atoms. The van der Waals surface area contributed by atoms with E-state index in [1.54, 1.807) is 5.38 Å². The highest BCUT2D eigenvalue weighted by Gasteiger charge is 2.16. The summed E-state index contributed by atoms with van der Waals surface area (Å²) in [5.41, 5.74) is 0.397. The average Bonchev–Trinajstić information content (AvgIpc) is 2.89. The topological polar surface area (TPSA) is 68.3 Å². The number of anilines is 1. The minimum Gasteiger partial charge on any atom is -0.469 e. The van der Waals surface area contributed by atoms with E-state index in [4.69, 9.17) is 23.2 Å². The molecule has 0 unspecified atom stereocenters. The third-order valence-electron chi connectivity index (χ3n) is 2.58. The number of rotatable bonds is 4. The number of benzene rings is 1. The number of hydrogen-bond donors (Lipinski definition) is 1. The number of nitrogens with one attached hydrogen (secondary N) is 1. The second-order valence-electron chi connectivity index (χ2n) is 4.10. The number of aromatic nitrogens is 1. The van der Waals surface area contributed by atoms with Crippen molar-refractivity contribution in [1.29, 1.82) is 0 Å². The zero-order valence-corrected chi connectivity index (χ0v) is 13.5. The number of ether oxygens (including phenoxy) is 1. The number of thiazole rings is 1. The highest BCUT2D eigenvalue weighted by molar-refractivity contribution is 7.14. The van der Waals surface area contributed by atoms with Crippen LogP contribution in [0.1, 0.15) is 16.1 Å². The molecule has 1 amide bonds. The van der Waals surface area contributed by atoms with E-state index in [-0.39, 0.29) is 27.2 Å². The second-order valence-corrected chi connectivity index (χ2v) is 5.77. The van der Waals surface area contributed by atoms with E-state index < -0.39 is 17.7 Å². The Hall–Kier alpha value is -1.70. The van der Waals surface area contributed by atoms with E-state index >= 15 is 0 Å². The Morgan fingerprint density at radius 3 is 2.77 bits per heavy atom. The van der Waals surface area contributed by atoms with Gasteiger partial charge in [0.1, 0.15) is 5.82 Å². The number of esters is 1. The maximum atomic E-state index is 13.4. The number of carbonyl (C=O) groups is 2. The molecule has 0 saturated carbocycles. The monoisotopic (exact) mass is 362 g/mol. The zero-order valence-electron chi connectivity index (χ0n) is 11.2. The van der Waals surface area contributed by atoms with Crippen LogP contribution < -0.4 is 5.32 Å². The minimum atomic E-state index is -0.748. The van der Waals surface area contributed by atoms with Crippen molar-refractivity contribution < 1.29 is 18.7 Å². The van der Waals surface area contributed by atoms with Gasteiger partial charge in [-0.3, -0.25) is 14.9 Å². The van der Waals surface area contributed by atoms with Crippen molar-refractivity contribution >= 4 is 51.5 Å². The fourth-order valence-electron chi connectivity index (χ4n) is 1.53. The summed E-state index contributed by atoms with van der Waals surface area (Å²) < 4.78 is 17.9. The molecule has 2 aromatic rings. The van der Waals surface area contributed by atoms with Crippen LogP contribution in [0.15, 0.2) is 17.5 Å². The standard InChI is InChI=1S/C13H9Cl2FN2O3S/c1-21-11(19)2-6-5-22-13(17-6)18-12(20)7-3-10(16)9(15)4-8(7)14/h3-5H,2H2,1H3,(H,17,18,20). The van der Waals surface area contributed by atoms with Crippen molar-refractivity contribution in [3.8, 4) is 0 Å². The fourth-order valence-corrected chi connectivity index (χ4v) is 2.70. The summed E-state index contributed by atoms with van der Waals surface area (Å²) in [5.74, 6) is -1.81. The molecular weight excluding hydrogens is 354 g/mol. The van der Waals surface area contributed by atoms with Crippen LogP contribution in [-0.2, 0) is 16.0 Å². The molecule has 0 aliphatic carbocycles. The minimum absolute atomic E-state index is 0.000794. The Morgan fingerprint density at radius 1 is 1.36 bits per heavy atom. The van der Waals surface area contributed by atoms with E-state index in [1.807, 2.05) is 0 Å². The number of hydrogen-bond acceptors (Lipinski definition) is 5. The molecule has 1 heterocycles. The lowest BCUT2D eigenvalue weighted by atomic mass is 10.2. The predicted octanol–water partition coefficient (Wildman–Crippen LogP) is 3.56. The lowest BCUT2D eigenvalue weighted by Gasteiger charge is -2.05. The van der Waals surface area contributed by atoms with Gasteiger partial charge in [-0.15, -0.1) is 11.3 Å². The van der Waals surface area contributed by atoms with E-state index in [9.17, 15) is 14.0 Å². The van der Waals surface area contributed by atoms with Crippen molar-refractivity contribution in [3.05, 3.63) is 44.6 Å². The van der Waals surface area contributed by atoms with Gasteiger partial charge < -0.3 is 4.74 Å². The number of halogens is 3. The highest BCUT2D eigenvalue weighted by Crippen LogP contribution is 2.25. The summed E-state index contributed by atoms with van der Waals surface area (Å²) >= 11 is 12.6. The summed E-state index contributed by atoms with van der Waals surface area (Å²) in [5, 5.41) is 4.20. The molecule has 1 N–H and O–H groups in total. The number of carbonyl (C=O) groups excluding carboxylic acids is 2. The molecule has 0 atom stereocenters. The molecule has 1 aromatic carbocycles. The summed E-state index contributed by atoms with van der Waals surface area (Å²) in [6.07, 6.45) is -0.000794. The van der Waals surface area contributed by atoms with Crippen LogP contribution in [0, 0.1) is 5.82 Å². The quantitative estimate of drug-likeness (QED) is 0.666. The molecule has 5 nitrogen and oxygen atoms in total. The van der Waals surface area contributed by atoms with Crippen LogP contribution in [0.2, 0.25) is 10.0 Å². The van der Waals surface area contributed by atoms with Crippen LogP contribution in [-0.4, -0.2) is 24.0 Å². The van der Waals surface area contributed by atoms with Gasteiger partial charge in [0.2, 0.25) is 0 Å². The zero-order chi connectivity index (χ0) is 16.3. The van der Waals surface area contributed by atoms with Crippen LogP contribution in [0.4, 0.5) is 9.52 Å². The normalized spacial score (nSPS) is 10.4. The molecule has 0 saturated heterocycles. The van der Waals surface area contributed by atoms with Crippen LogP contribution in [0.3, 0.4) is 0 Å². The van der Waals surface area contributed by atoms with Gasteiger partial charge in [0, 0.05) is 5.38 Å². The Kier molecular flexibility index (Phi) is 5.33. The smallest absolute Gasteiger partial charge is 0.311 e. The van der Waals surface area contributed by atoms with Crippen LogP contribution >= 0.6 is 34.5 Å². The van der Waals surface area contributed by atoms with E-state index in [1.165, 1.54) is 7.11 Å². The highest BCUT2D eigenvalue weighted by atomic mass is 35.5.